The highest BCUT2D eigenvalue weighted by Crippen LogP contribution is 2.22. The van der Waals surface area contributed by atoms with Gasteiger partial charge in [-0.05, 0) is 55.7 Å². The fraction of sp³-hybridized carbons (Fsp3) is 0.304. The number of H-pyrrole nitrogens is 1. The minimum atomic E-state index is -0.0577. The first kappa shape index (κ1) is 18.4. The SMILES string of the molecule is Cc1cccc(NC(=O)CN2CCc3[nH]c4c(C)c(C)ccc4c(=O)c3C2)c1. The molecule has 5 heteroatoms. The maximum absolute atomic E-state index is 13.0. The summed E-state index contributed by atoms with van der Waals surface area (Å²) in [6.07, 6.45) is 0.742. The summed E-state index contributed by atoms with van der Waals surface area (Å²) in [5.41, 5.74) is 7.01. The van der Waals surface area contributed by atoms with Crippen molar-refractivity contribution in [1.29, 1.82) is 0 Å². The van der Waals surface area contributed by atoms with E-state index in [0.29, 0.717) is 6.54 Å². The molecule has 144 valence electrons. The van der Waals surface area contributed by atoms with E-state index in [1.54, 1.807) is 0 Å². The first-order chi connectivity index (χ1) is 13.4. The second-order valence-corrected chi connectivity index (χ2v) is 7.72. The van der Waals surface area contributed by atoms with Gasteiger partial charge in [-0.1, -0.05) is 18.2 Å². The molecule has 0 radical (unpaired) electrons. The molecule has 0 unspecified atom stereocenters. The van der Waals surface area contributed by atoms with Crippen LogP contribution in [0.15, 0.2) is 41.2 Å². The number of carbonyl (C=O) groups excluding carboxylic acids is 1. The summed E-state index contributed by atoms with van der Waals surface area (Å²) in [4.78, 5) is 31.0. The molecule has 3 aromatic rings. The molecule has 1 aromatic heterocycles. The van der Waals surface area contributed by atoms with Crippen molar-refractivity contribution >= 4 is 22.5 Å². The van der Waals surface area contributed by atoms with Crippen LogP contribution < -0.4 is 10.7 Å². The molecule has 2 heterocycles. The molecule has 1 amide bonds. The third-order valence-electron chi connectivity index (χ3n) is 5.62. The summed E-state index contributed by atoms with van der Waals surface area (Å²) in [5, 5.41) is 3.67. The Balaban J connectivity index is 1.54. The Labute approximate surface area is 164 Å². The van der Waals surface area contributed by atoms with Crippen molar-refractivity contribution in [3.63, 3.8) is 0 Å². The number of rotatable bonds is 3. The molecule has 0 atom stereocenters. The third-order valence-corrected chi connectivity index (χ3v) is 5.62. The lowest BCUT2D eigenvalue weighted by molar-refractivity contribution is -0.117. The van der Waals surface area contributed by atoms with Gasteiger partial charge in [-0.15, -0.1) is 0 Å². The maximum atomic E-state index is 13.0. The van der Waals surface area contributed by atoms with Crippen LogP contribution in [0.2, 0.25) is 0 Å². The molecule has 2 aromatic carbocycles. The summed E-state index contributed by atoms with van der Waals surface area (Å²) in [6, 6.07) is 11.7. The molecular formula is C23H25N3O2. The Kier molecular flexibility index (Phi) is 4.77. The normalized spacial score (nSPS) is 14.1. The second kappa shape index (κ2) is 7.24. The van der Waals surface area contributed by atoms with E-state index in [9.17, 15) is 9.59 Å². The quantitative estimate of drug-likeness (QED) is 0.737. The number of aromatic nitrogens is 1. The number of pyridine rings is 1. The van der Waals surface area contributed by atoms with Gasteiger partial charge in [-0.25, -0.2) is 0 Å². The van der Waals surface area contributed by atoms with Gasteiger partial charge in [-0.3, -0.25) is 14.5 Å². The zero-order valence-electron chi connectivity index (χ0n) is 16.6. The number of anilines is 1. The fourth-order valence-electron chi connectivity index (χ4n) is 3.91. The van der Waals surface area contributed by atoms with Crippen molar-refractivity contribution in [2.24, 2.45) is 0 Å². The van der Waals surface area contributed by atoms with Gasteiger partial charge in [0.2, 0.25) is 5.91 Å². The number of aromatic amines is 1. The molecule has 5 nitrogen and oxygen atoms in total. The van der Waals surface area contributed by atoms with Gasteiger partial charge >= 0.3 is 0 Å². The van der Waals surface area contributed by atoms with E-state index < -0.39 is 0 Å². The van der Waals surface area contributed by atoms with Crippen LogP contribution in [-0.2, 0) is 17.8 Å². The van der Waals surface area contributed by atoms with Crippen molar-refractivity contribution in [3.8, 4) is 0 Å². The molecule has 0 bridgehead atoms. The van der Waals surface area contributed by atoms with E-state index in [0.717, 1.165) is 51.9 Å². The van der Waals surface area contributed by atoms with Crippen LogP contribution >= 0.6 is 0 Å². The highest BCUT2D eigenvalue weighted by atomic mass is 16.2. The molecule has 0 saturated carbocycles. The van der Waals surface area contributed by atoms with E-state index >= 15 is 0 Å². The summed E-state index contributed by atoms with van der Waals surface area (Å²) in [5.74, 6) is -0.0577. The lowest BCUT2D eigenvalue weighted by Gasteiger charge is -2.28. The summed E-state index contributed by atoms with van der Waals surface area (Å²) in [6.45, 7) is 7.62. The Morgan fingerprint density at radius 2 is 2.00 bits per heavy atom. The number of hydrogen-bond donors (Lipinski definition) is 2. The third kappa shape index (κ3) is 3.45. The van der Waals surface area contributed by atoms with Crippen LogP contribution in [0, 0.1) is 20.8 Å². The van der Waals surface area contributed by atoms with Crippen molar-refractivity contribution in [2.75, 3.05) is 18.4 Å². The smallest absolute Gasteiger partial charge is 0.238 e. The topological polar surface area (TPSA) is 65.2 Å². The van der Waals surface area contributed by atoms with Gasteiger partial charge < -0.3 is 10.3 Å². The number of fused-ring (bicyclic) bond motifs is 2. The van der Waals surface area contributed by atoms with E-state index in [-0.39, 0.29) is 17.9 Å². The summed E-state index contributed by atoms with van der Waals surface area (Å²) < 4.78 is 0. The van der Waals surface area contributed by atoms with Gasteiger partial charge in [0.05, 0.1) is 12.1 Å². The Bertz CT molecular complexity index is 1130. The van der Waals surface area contributed by atoms with Crippen LogP contribution in [-0.4, -0.2) is 28.9 Å². The van der Waals surface area contributed by atoms with Crippen LogP contribution in [0.25, 0.3) is 10.9 Å². The average molecular weight is 375 g/mol. The van der Waals surface area contributed by atoms with Gasteiger partial charge in [0.15, 0.2) is 5.43 Å². The highest BCUT2D eigenvalue weighted by Gasteiger charge is 2.23. The predicted molar refractivity (Wildman–Crippen MR) is 113 cm³/mol. The number of nitrogens with one attached hydrogen (secondary N) is 2. The minimum absolute atomic E-state index is 0.0577. The summed E-state index contributed by atoms with van der Waals surface area (Å²) >= 11 is 0. The van der Waals surface area contributed by atoms with Gasteiger partial charge in [0, 0.05) is 41.8 Å². The molecule has 0 fully saturated rings. The number of amides is 1. The van der Waals surface area contributed by atoms with Crippen LogP contribution in [0.5, 0.6) is 0 Å². The lowest BCUT2D eigenvalue weighted by atomic mass is 9.99. The zero-order valence-corrected chi connectivity index (χ0v) is 16.6. The van der Waals surface area contributed by atoms with Gasteiger partial charge in [0.1, 0.15) is 0 Å². The number of aryl methyl sites for hydroxylation is 3. The number of nitrogens with zero attached hydrogens (tertiary/aromatic N) is 1. The first-order valence-electron chi connectivity index (χ1n) is 9.65. The Hall–Kier alpha value is -2.92. The van der Waals surface area contributed by atoms with Gasteiger partial charge in [0.25, 0.3) is 0 Å². The molecule has 0 saturated heterocycles. The van der Waals surface area contributed by atoms with E-state index in [1.807, 2.05) is 55.1 Å². The van der Waals surface area contributed by atoms with E-state index in [1.165, 1.54) is 5.56 Å². The minimum Gasteiger partial charge on any atom is -0.358 e. The number of carbonyl (C=O) groups is 1. The highest BCUT2D eigenvalue weighted by molar-refractivity contribution is 5.92. The molecule has 0 aliphatic carbocycles. The zero-order chi connectivity index (χ0) is 19.8. The second-order valence-electron chi connectivity index (χ2n) is 7.72. The van der Waals surface area contributed by atoms with Crippen molar-refractivity contribution < 1.29 is 4.79 Å². The molecule has 28 heavy (non-hydrogen) atoms. The molecule has 4 rings (SSSR count). The molecule has 2 N–H and O–H groups in total. The predicted octanol–water partition coefficient (Wildman–Crippen LogP) is 3.45. The number of benzene rings is 2. The van der Waals surface area contributed by atoms with E-state index in [2.05, 4.69) is 17.2 Å². The van der Waals surface area contributed by atoms with Crippen molar-refractivity contribution in [1.82, 2.24) is 9.88 Å². The molecule has 1 aliphatic heterocycles. The molecular weight excluding hydrogens is 350 g/mol. The number of hydrogen-bond acceptors (Lipinski definition) is 3. The molecule has 0 spiro atoms. The average Bonchev–Trinajstić information content (AvgIpc) is 2.66. The van der Waals surface area contributed by atoms with E-state index in [4.69, 9.17) is 0 Å². The van der Waals surface area contributed by atoms with Crippen molar-refractivity contribution in [2.45, 2.75) is 33.7 Å². The van der Waals surface area contributed by atoms with Crippen LogP contribution in [0.1, 0.15) is 27.9 Å². The molecule has 1 aliphatic rings. The Morgan fingerprint density at radius 3 is 2.79 bits per heavy atom. The van der Waals surface area contributed by atoms with Crippen LogP contribution in [0.4, 0.5) is 5.69 Å². The van der Waals surface area contributed by atoms with Gasteiger partial charge in [-0.2, -0.15) is 0 Å². The lowest BCUT2D eigenvalue weighted by Crippen LogP contribution is -2.39. The Morgan fingerprint density at radius 1 is 1.18 bits per heavy atom. The largest absolute Gasteiger partial charge is 0.358 e. The monoisotopic (exact) mass is 375 g/mol. The van der Waals surface area contributed by atoms with Crippen LogP contribution in [0.3, 0.4) is 0 Å². The van der Waals surface area contributed by atoms with Crippen molar-refractivity contribution in [3.05, 3.63) is 74.6 Å². The maximum Gasteiger partial charge on any atom is 0.238 e. The standard InChI is InChI=1S/C23H25N3O2/c1-14-5-4-6-17(11-14)24-21(27)13-26-10-9-20-19(12-26)23(28)18-8-7-15(2)16(3)22(18)25-20/h4-8,11H,9-10,12-13H2,1-3H3,(H,24,27)(H,25,28). The first-order valence-corrected chi connectivity index (χ1v) is 9.65. The summed E-state index contributed by atoms with van der Waals surface area (Å²) in [7, 11) is 0. The fourth-order valence-corrected chi connectivity index (χ4v) is 3.91.